The van der Waals surface area contributed by atoms with Gasteiger partial charge in [0.2, 0.25) is 0 Å². The van der Waals surface area contributed by atoms with Gasteiger partial charge in [0, 0.05) is 19.4 Å². The standard InChI is InChI=1S/C18H16Cl2N4O3S/c1-24-9-8-21-17(24)11-22-18(25)13-4-2-3-5-16(13)23-28(26,27)12-6-7-14(19)15(20)10-12/h2-10,23H,11H2,1H3,(H,22,25). The quantitative estimate of drug-likeness (QED) is 0.615. The van der Waals surface area contributed by atoms with Crippen LogP contribution in [0, 0.1) is 0 Å². The fourth-order valence-electron chi connectivity index (χ4n) is 2.44. The van der Waals surface area contributed by atoms with E-state index < -0.39 is 15.9 Å². The topological polar surface area (TPSA) is 93.1 Å². The van der Waals surface area contributed by atoms with Crippen LogP contribution in [-0.2, 0) is 23.6 Å². The fraction of sp³-hybridized carbons (Fsp3) is 0.111. The van der Waals surface area contributed by atoms with Gasteiger partial charge < -0.3 is 9.88 Å². The molecule has 10 heteroatoms. The summed E-state index contributed by atoms with van der Waals surface area (Å²) in [6.07, 6.45) is 3.39. The Bertz CT molecular complexity index is 1130. The minimum absolute atomic E-state index is 0.0647. The number of carbonyl (C=O) groups is 1. The van der Waals surface area contributed by atoms with E-state index in [9.17, 15) is 13.2 Å². The summed E-state index contributed by atoms with van der Waals surface area (Å²) in [5, 5.41) is 3.09. The number of para-hydroxylation sites is 1. The zero-order valence-corrected chi connectivity index (χ0v) is 17.0. The van der Waals surface area contributed by atoms with E-state index in [4.69, 9.17) is 23.2 Å². The zero-order chi connectivity index (χ0) is 20.3. The molecule has 1 aromatic heterocycles. The van der Waals surface area contributed by atoms with E-state index in [1.165, 1.54) is 30.3 Å². The molecule has 28 heavy (non-hydrogen) atoms. The highest BCUT2D eigenvalue weighted by atomic mass is 35.5. The molecule has 0 aliphatic carbocycles. The molecule has 0 bridgehead atoms. The third-order valence-electron chi connectivity index (χ3n) is 3.95. The van der Waals surface area contributed by atoms with E-state index in [1.54, 1.807) is 29.1 Å². The maximum absolute atomic E-state index is 12.7. The molecule has 0 radical (unpaired) electrons. The smallest absolute Gasteiger partial charge is 0.261 e. The monoisotopic (exact) mass is 438 g/mol. The number of halogens is 2. The molecule has 7 nitrogen and oxygen atoms in total. The molecule has 3 aromatic rings. The Hall–Kier alpha value is -2.55. The Balaban J connectivity index is 1.82. The molecule has 0 saturated carbocycles. The van der Waals surface area contributed by atoms with Gasteiger partial charge >= 0.3 is 0 Å². The van der Waals surface area contributed by atoms with Crippen molar-refractivity contribution in [1.29, 1.82) is 0 Å². The van der Waals surface area contributed by atoms with Crippen LogP contribution in [0.15, 0.2) is 59.8 Å². The van der Waals surface area contributed by atoms with Crippen molar-refractivity contribution in [2.24, 2.45) is 7.05 Å². The van der Waals surface area contributed by atoms with Crippen LogP contribution in [0.3, 0.4) is 0 Å². The van der Waals surface area contributed by atoms with Crippen LogP contribution in [0.1, 0.15) is 16.2 Å². The molecule has 0 atom stereocenters. The van der Waals surface area contributed by atoms with Gasteiger partial charge in [-0.05, 0) is 30.3 Å². The Labute approximate surface area is 172 Å². The van der Waals surface area contributed by atoms with Gasteiger partial charge in [-0.2, -0.15) is 0 Å². The third kappa shape index (κ3) is 4.46. The van der Waals surface area contributed by atoms with Crippen LogP contribution in [0.4, 0.5) is 5.69 Å². The summed E-state index contributed by atoms with van der Waals surface area (Å²) in [6, 6.07) is 10.3. The summed E-state index contributed by atoms with van der Waals surface area (Å²) in [6.45, 7) is 0.205. The second-order valence-corrected chi connectivity index (χ2v) is 8.36. The first kappa shape index (κ1) is 20.2. The number of aryl methyl sites for hydroxylation is 1. The average Bonchev–Trinajstić information content (AvgIpc) is 3.07. The number of hydrogen-bond donors (Lipinski definition) is 2. The van der Waals surface area contributed by atoms with Gasteiger partial charge in [-0.25, -0.2) is 13.4 Å². The molecule has 146 valence electrons. The summed E-state index contributed by atoms with van der Waals surface area (Å²) in [7, 11) is -2.15. The van der Waals surface area contributed by atoms with Crippen LogP contribution in [0.25, 0.3) is 0 Å². The van der Waals surface area contributed by atoms with Gasteiger partial charge in [0.15, 0.2) is 0 Å². The molecule has 3 rings (SSSR count). The van der Waals surface area contributed by atoms with Gasteiger partial charge in [-0.15, -0.1) is 0 Å². The molecule has 0 aliphatic rings. The number of anilines is 1. The number of carbonyl (C=O) groups excluding carboxylic acids is 1. The maximum Gasteiger partial charge on any atom is 0.261 e. The lowest BCUT2D eigenvalue weighted by Crippen LogP contribution is -2.26. The van der Waals surface area contributed by atoms with Crippen molar-refractivity contribution in [3.8, 4) is 0 Å². The lowest BCUT2D eigenvalue weighted by Gasteiger charge is -2.13. The van der Waals surface area contributed by atoms with Gasteiger partial charge in [0.05, 0.1) is 32.7 Å². The number of nitrogens with zero attached hydrogens (tertiary/aromatic N) is 2. The van der Waals surface area contributed by atoms with Gasteiger partial charge in [0.1, 0.15) is 5.82 Å². The van der Waals surface area contributed by atoms with E-state index in [-0.39, 0.29) is 32.7 Å². The van der Waals surface area contributed by atoms with Crippen LogP contribution >= 0.6 is 23.2 Å². The largest absolute Gasteiger partial charge is 0.345 e. The first-order valence-electron chi connectivity index (χ1n) is 8.09. The summed E-state index contributed by atoms with van der Waals surface area (Å²) >= 11 is 11.8. The molecule has 0 aliphatic heterocycles. The first-order valence-corrected chi connectivity index (χ1v) is 10.3. The van der Waals surface area contributed by atoms with Crippen molar-refractivity contribution in [3.63, 3.8) is 0 Å². The molecule has 0 fully saturated rings. The second kappa shape index (κ2) is 8.22. The molecular formula is C18H16Cl2N4O3S. The highest BCUT2D eigenvalue weighted by Gasteiger charge is 2.19. The molecule has 2 aromatic carbocycles. The number of amides is 1. The number of hydrogen-bond acceptors (Lipinski definition) is 4. The Morgan fingerprint density at radius 1 is 1.14 bits per heavy atom. The molecular weight excluding hydrogens is 423 g/mol. The van der Waals surface area contributed by atoms with Crippen LogP contribution in [-0.4, -0.2) is 23.9 Å². The Kier molecular flexibility index (Phi) is 5.93. The minimum Gasteiger partial charge on any atom is -0.345 e. The van der Waals surface area contributed by atoms with E-state index in [0.717, 1.165) is 0 Å². The van der Waals surface area contributed by atoms with Crippen LogP contribution < -0.4 is 10.0 Å². The number of sulfonamides is 1. The van der Waals surface area contributed by atoms with Crippen molar-refractivity contribution < 1.29 is 13.2 Å². The number of rotatable bonds is 6. The second-order valence-electron chi connectivity index (χ2n) is 5.86. The van der Waals surface area contributed by atoms with E-state index >= 15 is 0 Å². The predicted molar refractivity (Wildman–Crippen MR) is 108 cm³/mol. The van der Waals surface area contributed by atoms with Crippen LogP contribution in [0.2, 0.25) is 10.0 Å². The highest BCUT2D eigenvalue weighted by molar-refractivity contribution is 7.92. The summed E-state index contributed by atoms with van der Waals surface area (Å²) in [4.78, 5) is 16.6. The van der Waals surface area contributed by atoms with E-state index in [2.05, 4.69) is 15.0 Å². The fourth-order valence-corrected chi connectivity index (χ4v) is 3.91. The molecule has 0 spiro atoms. The Morgan fingerprint density at radius 3 is 2.57 bits per heavy atom. The molecule has 0 unspecified atom stereocenters. The van der Waals surface area contributed by atoms with Gasteiger partial charge in [-0.1, -0.05) is 35.3 Å². The number of benzene rings is 2. The molecule has 1 amide bonds. The third-order valence-corrected chi connectivity index (χ3v) is 6.05. The summed E-state index contributed by atoms with van der Waals surface area (Å²) in [5.74, 6) is 0.234. The highest BCUT2D eigenvalue weighted by Crippen LogP contribution is 2.26. The van der Waals surface area contributed by atoms with E-state index in [1.807, 2.05) is 7.05 Å². The van der Waals surface area contributed by atoms with Crippen molar-refractivity contribution in [2.75, 3.05) is 4.72 Å². The molecule has 2 N–H and O–H groups in total. The van der Waals surface area contributed by atoms with Crippen molar-refractivity contribution in [1.82, 2.24) is 14.9 Å². The molecule has 1 heterocycles. The Morgan fingerprint density at radius 2 is 1.89 bits per heavy atom. The van der Waals surface area contributed by atoms with E-state index in [0.29, 0.717) is 5.82 Å². The van der Waals surface area contributed by atoms with Gasteiger partial charge in [0.25, 0.3) is 15.9 Å². The van der Waals surface area contributed by atoms with Crippen molar-refractivity contribution >= 4 is 44.8 Å². The summed E-state index contributed by atoms with van der Waals surface area (Å²) in [5.41, 5.74) is 0.325. The number of imidazole rings is 1. The lowest BCUT2D eigenvalue weighted by atomic mass is 10.1. The minimum atomic E-state index is -3.96. The molecule has 0 saturated heterocycles. The number of aromatic nitrogens is 2. The first-order chi connectivity index (χ1) is 13.3. The summed E-state index contributed by atoms with van der Waals surface area (Å²) < 4.78 is 29.5. The average molecular weight is 439 g/mol. The maximum atomic E-state index is 12.7. The lowest BCUT2D eigenvalue weighted by molar-refractivity contribution is 0.0950. The van der Waals surface area contributed by atoms with Gasteiger partial charge in [-0.3, -0.25) is 9.52 Å². The normalized spacial score (nSPS) is 11.2. The van der Waals surface area contributed by atoms with Crippen molar-refractivity contribution in [2.45, 2.75) is 11.4 Å². The zero-order valence-electron chi connectivity index (χ0n) is 14.7. The SMILES string of the molecule is Cn1ccnc1CNC(=O)c1ccccc1NS(=O)(=O)c1ccc(Cl)c(Cl)c1. The predicted octanol–water partition coefficient (Wildman–Crippen LogP) is 3.46. The van der Waals surface area contributed by atoms with Crippen molar-refractivity contribution in [3.05, 3.63) is 76.3 Å². The van der Waals surface area contributed by atoms with Crippen LogP contribution in [0.5, 0.6) is 0 Å². The number of nitrogens with one attached hydrogen (secondary N) is 2.